The van der Waals surface area contributed by atoms with Gasteiger partial charge in [0.05, 0.1) is 79.3 Å². The summed E-state index contributed by atoms with van der Waals surface area (Å²) in [5.41, 5.74) is 5.67. The fourth-order valence-electron chi connectivity index (χ4n) is 1.60. The molecule has 0 atom stereocenters. The van der Waals surface area contributed by atoms with Gasteiger partial charge in [-0.25, -0.2) is 4.79 Å². The quantitative estimate of drug-likeness (QED) is 0.166. The number of carbonyl (C=O) groups excluding carboxylic acids is 1. The molecule has 160 valence electrons. The van der Waals surface area contributed by atoms with E-state index >= 15 is 0 Å². The third-order valence-corrected chi connectivity index (χ3v) is 2.93. The summed E-state index contributed by atoms with van der Waals surface area (Å²) in [6.07, 6.45) is 0. The molecule has 9 heteroatoms. The van der Waals surface area contributed by atoms with E-state index in [9.17, 15) is 4.79 Å². The van der Waals surface area contributed by atoms with E-state index in [1.165, 1.54) is 0 Å². The molecule has 0 rings (SSSR count). The van der Waals surface area contributed by atoms with Gasteiger partial charge in [0.25, 0.3) is 0 Å². The molecule has 0 aliphatic rings. The molecule has 0 aliphatic carbocycles. The van der Waals surface area contributed by atoms with E-state index in [0.717, 1.165) is 0 Å². The molecule has 0 saturated carbocycles. The van der Waals surface area contributed by atoms with E-state index < -0.39 is 5.97 Å². The van der Waals surface area contributed by atoms with Gasteiger partial charge in [-0.15, -0.1) is 0 Å². The van der Waals surface area contributed by atoms with Crippen molar-refractivity contribution in [2.75, 3.05) is 92.4 Å². The van der Waals surface area contributed by atoms with Gasteiger partial charge in [0.15, 0.2) is 0 Å². The molecule has 0 heterocycles. The Hall–Kier alpha value is -1.07. The Morgan fingerprint density at radius 1 is 0.630 bits per heavy atom. The summed E-state index contributed by atoms with van der Waals surface area (Å²) in [4.78, 5) is 11.1. The number of rotatable bonds is 21. The first kappa shape index (κ1) is 25.9. The van der Waals surface area contributed by atoms with Crippen molar-refractivity contribution < 1.29 is 38.0 Å². The van der Waals surface area contributed by atoms with E-state index in [4.69, 9.17) is 38.9 Å². The number of carbonyl (C=O) groups is 1. The van der Waals surface area contributed by atoms with Crippen LogP contribution in [0.3, 0.4) is 0 Å². The lowest BCUT2D eigenvalue weighted by Gasteiger charge is -2.08. The molecular weight excluding hydrogens is 358 g/mol. The molecule has 0 saturated heterocycles. The van der Waals surface area contributed by atoms with E-state index in [-0.39, 0.29) is 6.61 Å². The van der Waals surface area contributed by atoms with Crippen molar-refractivity contribution in [3.05, 3.63) is 12.2 Å². The van der Waals surface area contributed by atoms with Crippen LogP contribution in [0.2, 0.25) is 0 Å². The van der Waals surface area contributed by atoms with E-state index in [1.54, 1.807) is 6.92 Å². The largest absolute Gasteiger partial charge is 0.460 e. The molecule has 0 bridgehead atoms. The lowest BCUT2D eigenvalue weighted by Crippen LogP contribution is -2.15. The summed E-state index contributed by atoms with van der Waals surface area (Å²) in [6, 6.07) is 0. The van der Waals surface area contributed by atoms with Crippen molar-refractivity contribution in [2.24, 2.45) is 5.73 Å². The molecule has 0 spiro atoms. The number of hydrogen-bond donors (Lipinski definition) is 1. The van der Waals surface area contributed by atoms with Gasteiger partial charge in [-0.05, 0) is 6.92 Å². The SMILES string of the molecule is C=C(C)C(=O)OCCOCCOCCOCCOCCOCCOCCN. The highest BCUT2D eigenvalue weighted by Crippen LogP contribution is 1.91. The van der Waals surface area contributed by atoms with Crippen molar-refractivity contribution in [1.82, 2.24) is 0 Å². The average Bonchev–Trinajstić information content (AvgIpc) is 2.66. The molecule has 0 aliphatic heterocycles. The smallest absolute Gasteiger partial charge is 0.333 e. The first-order valence-corrected chi connectivity index (χ1v) is 9.17. The maximum atomic E-state index is 11.1. The standard InChI is InChI=1S/C18H35NO8/c1-17(2)18(20)27-16-15-26-14-13-25-12-11-24-10-9-23-8-7-22-6-5-21-4-3-19/h1,3-16,19H2,2H3. The molecule has 9 nitrogen and oxygen atoms in total. The minimum atomic E-state index is -0.406. The van der Waals surface area contributed by atoms with Gasteiger partial charge in [0, 0.05) is 12.1 Å². The Morgan fingerprint density at radius 3 is 1.22 bits per heavy atom. The maximum absolute atomic E-state index is 11.1. The van der Waals surface area contributed by atoms with Crippen LogP contribution in [0.15, 0.2) is 12.2 Å². The van der Waals surface area contributed by atoms with Gasteiger partial charge >= 0.3 is 5.97 Å². The number of nitrogens with two attached hydrogens (primary N) is 1. The molecule has 27 heavy (non-hydrogen) atoms. The number of esters is 1. The Morgan fingerprint density at radius 2 is 0.926 bits per heavy atom. The molecule has 0 aromatic carbocycles. The zero-order chi connectivity index (χ0) is 20.0. The monoisotopic (exact) mass is 393 g/mol. The van der Waals surface area contributed by atoms with Crippen LogP contribution in [0.1, 0.15) is 6.92 Å². The Labute approximate surface area is 162 Å². The normalized spacial score (nSPS) is 10.9. The van der Waals surface area contributed by atoms with Gasteiger partial charge in [-0.1, -0.05) is 6.58 Å². The van der Waals surface area contributed by atoms with E-state index in [0.29, 0.717) is 91.4 Å². The number of ether oxygens (including phenoxy) is 7. The van der Waals surface area contributed by atoms with Gasteiger partial charge in [0.1, 0.15) is 6.61 Å². The highest BCUT2D eigenvalue weighted by Gasteiger charge is 2.01. The van der Waals surface area contributed by atoms with E-state index in [1.807, 2.05) is 0 Å². The van der Waals surface area contributed by atoms with Crippen LogP contribution in [0.4, 0.5) is 0 Å². The van der Waals surface area contributed by atoms with Crippen LogP contribution < -0.4 is 5.73 Å². The Bertz CT molecular complexity index is 354. The topological polar surface area (TPSA) is 108 Å². The van der Waals surface area contributed by atoms with Crippen molar-refractivity contribution >= 4 is 5.97 Å². The fraction of sp³-hybridized carbons (Fsp3) is 0.833. The molecule has 0 aromatic heterocycles. The Balaban J connectivity index is 3.05. The number of hydrogen-bond acceptors (Lipinski definition) is 9. The van der Waals surface area contributed by atoms with Gasteiger partial charge < -0.3 is 38.9 Å². The molecule has 0 fully saturated rings. The second-order valence-corrected chi connectivity index (χ2v) is 5.38. The molecule has 2 N–H and O–H groups in total. The first-order valence-electron chi connectivity index (χ1n) is 9.17. The van der Waals surface area contributed by atoms with Crippen LogP contribution in [-0.4, -0.2) is 98.4 Å². The summed E-state index contributed by atoms with van der Waals surface area (Å²) < 4.78 is 36.7. The highest BCUT2D eigenvalue weighted by molar-refractivity contribution is 5.86. The van der Waals surface area contributed by atoms with Crippen molar-refractivity contribution in [3.8, 4) is 0 Å². The predicted octanol–water partition coefficient (Wildman–Crippen LogP) is 0.164. The molecule has 0 unspecified atom stereocenters. The lowest BCUT2D eigenvalue weighted by molar-refractivity contribution is -0.140. The molecule has 0 aromatic rings. The second kappa shape index (κ2) is 21.2. The van der Waals surface area contributed by atoms with Gasteiger partial charge in [0.2, 0.25) is 0 Å². The third kappa shape index (κ3) is 21.1. The summed E-state index contributed by atoms with van der Waals surface area (Å²) in [7, 11) is 0. The summed E-state index contributed by atoms with van der Waals surface area (Å²) >= 11 is 0. The zero-order valence-electron chi connectivity index (χ0n) is 16.4. The van der Waals surface area contributed by atoms with Crippen LogP contribution in [0.5, 0.6) is 0 Å². The maximum Gasteiger partial charge on any atom is 0.333 e. The van der Waals surface area contributed by atoms with Crippen LogP contribution >= 0.6 is 0 Å². The van der Waals surface area contributed by atoms with Crippen molar-refractivity contribution in [1.29, 1.82) is 0 Å². The third-order valence-electron chi connectivity index (χ3n) is 2.93. The summed E-state index contributed by atoms with van der Waals surface area (Å²) in [5.74, 6) is -0.406. The minimum Gasteiger partial charge on any atom is -0.460 e. The molecule has 0 amide bonds. The average molecular weight is 393 g/mol. The first-order chi connectivity index (χ1) is 13.2. The summed E-state index contributed by atoms with van der Waals surface area (Å²) in [5, 5.41) is 0. The van der Waals surface area contributed by atoms with Crippen molar-refractivity contribution in [2.45, 2.75) is 6.92 Å². The van der Waals surface area contributed by atoms with Gasteiger partial charge in [-0.2, -0.15) is 0 Å². The highest BCUT2D eigenvalue weighted by atomic mass is 16.6. The predicted molar refractivity (Wildman–Crippen MR) is 99.7 cm³/mol. The molecular formula is C18H35NO8. The van der Waals surface area contributed by atoms with Crippen LogP contribution in [-0.2, 0) is 38.0 Å². The lowest BCUT2D eigenvalue weighted by atomic mass is 10.4. The second-order valence-electron chi connectivity index (χ2n) is 5.38. The Kier molecular flexibility index (Phi) is 20.4. The van der Waals surface area contributed by atoms with Crippen molar-refractivity contribution in [3.63, 3.8) is 0 Å². The summed E-state index contributed by atoms with van der Waals surface area (Å²) in [6.45, 7) is 11.8. The van der Waals surface area contributed by atoms with E-state index in [2.05, 4.69) is 6.58 Å². The molecule has 0 radical (unpaired) electrons. The fourth-order valence-corrected chi connectivity index (χ4v) is 1.60. The minimum absolute atomic E-state index is 0.210. The van der Waals surface area contributed by atoms with Gasteiger partial charge in [-0.3, -0.25) is 0 Å². The zero-order valence-corrected chi connectivity index (χ0v) is 16.4. The van der Waals surface area contributed by atoms with Crippen LogP contribution in [0, 0.1) is 0 Å². The van der Waals surface area contributed by atoms with Crippen LogP contribution in [0.25, 0.3) is 0 Å².